The zero-order chi connectivity index (χ0) is 6.41. The molecule has 0 aromatic carbocycles. The summed E-state index contributed by atoms with van der Waals surface area (Å²) in [7, 11) is 0. The molecule has 0 aliphatic carbocycles. The first-order valence-corrected chi connectivity index (χ1v) is 2.70. The summed E-state index contributed by atoms with van der Waals surface area (Å²) < 4.78 is 0. The molecule has 0 amide bonds. The van der Waals surface area contributed by atoms with Gasteiger partial charge in [0.1, 0.15) is 12.5 Å². The van der Waals surface area contributed by atoms with E-state index in [9.17, 15) is 0 Å². The fourth-order valence-corrected chi connectivity index (χ4v) is 0.283. The standard InChI is InChI=1S/C3H5N3.C2H6/c1-3-4-2-5-6-3;1-2/h4H,1-2H2;1-2H3. The van der Waals surface area contributed by atoms with Gasteiger partial charge in [-0.05, 0) is 0 Å². The van der Waals surface area contributed by atoms with Gasteiger partial charge >= 0.3 is 0 Å². The Morgan fingerprint density at radius 3 is 2.38 bits per heavy atom. The second-order valence-corrected chi connectivity index (χ2v) is 1.02. The quantitative estimate of drug-likeness (QED) is 0.507. The van der Waals surface area contributed by atoms with Crippen molar-refractivity contribution in [3.63, 3.8) is 0 Å². The molecule has 3 heteroatoms. The summed E-state index contributed by atoms with van der Waals surface area (Å²) in [6.07, 6.45) is 0. The van der Waals surface area contributed by atoms with E-state index in [4.69, 9.17) is 0 Å². The Kier molecular flexibility index (Phi) is 3.84. The molecular formula is C5H11N3. The monoisotopic (exact) mass is 113 g/mol. The van der Waals surface area contributed by atoms with Crippen molar-refractivity contribution in [2.45, 2.75) is 13.8 Å². The van der Waals surface area contributed by atoms with Crippen molar-refractivity contribution >= 4 is 0 Å². The van der Waals surface area contributed by atoms with Gasteiger partial charge in [0.05, 0.1) is 0 Å². The van der Waals surface area contributed by atoms with Crippen molar-refractivity contribution in [3.8, 4) is 0 Å². The SMILES string of the molecule is C=C1N=NCN1.CC. The second kappa shape index (κ2) is 4.30. The van der Waals surface area contributed by atoms with Crippen LogP contribution in [0.3, 0.4) is 0 Å². The maximum absolute atomic E-state index is 3.58. The highest BCUT2D eigenvalue weighted by Gasteiger charge is 1.91. The molecule has 0 bridgehead atoms. The van der Waals surface area contributed by atoms with Gasteiger partial charge < -0.3 is 5.32 Å². The van der Waals surface area contributed by atoms with Gasteiger partial charge in [-0.3, -0.25) is 0 Å². The fourth-order valence-electron chi connectivity index (χ4n) is 0.283. The molecule has 0 atom stereocenters. The Balaban J connectivity index is 0.000000222. The van der Waals surface area contributed by atoms with Crippen LogP contribution in [0.4, 0.5) is 0 Å². The van der Waals surface area contributed by atoms with Crippen LogP contribution in [-0.4, -0.2) is 6.67 Å². The van der Waals surface area contributed by atoms with Crippen LogP contribution in [0.5, 0.6) is 0 Å². The molecule has 1 heterocycles. The number of hydrogen-bond acceptors (Lipinski definition) is 3. The zero-order valence-electron chi connectivity index (χ0n) is 5.31. The van der Waals surface area contributed by atoms with E-state index in [0.29, 0.717) is 12.5 Å². The van der Waals surface area contributed by atoms with Crippen LogP contribution in [-0.2, 0) is 0 Å². The minimum atomic E-state index is 0.596. The van der Waals surface area contributed by atoms with Crippen molar-refractivity contribution in [1.82, 2.24) is 5.32 Å². The molecule has 3 nitrogen and oxygen atoms in total. The smallest absolute Gasteiger partial charge is 0.142 e. The highest BCUT2D eigenvalue weighted by atomic mass is 15.3. The Hall–Kier alpha value is -0.860. The normalized spacial score (nSPS) is 14.5. The van der Waals surface area contributed by atoms with Crippen LogP contribution in [0.2, 0.25) is 0 Å². The molecule has 46 valence electrons. The van der Waals surface area contributed by atoms with Gasteiger partial charge in [-0.2, -0.15) is 5.11 Å². The Morgan fingerprint density at radius 2 is 2.25 bits per heavy atom. The summed E-state index contributed by atoms with van der Waals surface area (Å²) in [5.74, 6) is 0.662. The molecule has 1 rings (SSSR count). The van der Waals surface area contributed by atoms with E-state index in [1.807, 2.05) is 13.8 Å². The van der Waals surface area contributed by atoms with E-state index in [1.54, 1.807) is 0 Å². The maximum atomic E-state index is 3.58. The summed E-state index contributed by atoms with van der Waals surface area (Å²) in [6.45, 7) is 8.08. The molecule has 0 saturated carbocycles. The van der Waals surface area contributed by atoms with E-state index in [0.717, 1.165) is 0 Å². The predicted molar refractivity (Wildman–Crippen MR) is 33.3 cm³/mol. The summed E-state index contributed by atoms with van der Waals surface area (Å²) in [6, 6.07) is 0. The molecule has 1 N–H and O–H groups in total. The van der Waals surface area contributed by atoms with Crippen molar-refractivity contribution in [3.05, 3.63) is 12.4 Å². The maximum Gasteiger partial charge on any atom is 0.142 e. The zero-order valence-corrected chi connectivity index (χ0v) is 5.31. The summed E-state index contributed by atoms with van der Waals surface area (Å²) >= 11 is 0. The first-order chi connectivity index (χ1) is 3.89. The largest absolute Gasteiger partial charge is 0.348 e. The topological polar surface area (TPSA) is 36.8 Å². The van der Waals surface area contributed by atoms with Gasteiger partial charge in [-0.1, -0.05) is 20.4 Å². The molecule has 0 radical (unpaired) electrons. The van der Waals surface area contributed by atoms with E-state index >= 15 is 0 Å². The van der Waals surface area contributed by atoms with Crippen LogP contribution in [0.1, 0.15) is 13.8 Å². The number of rotatable bonds is 0. The molecular weight excluding hydrogens is 102 g/mol. The number of azo groups is 1. The lowest BCUT2D eigenvalue weighted by Gasteiger charge is -1.81. The van der Waals surface area contributed by atoms with Crippen LogP contribution in [0.25, 0.3) is 0 Å². The van der Waals surface area contributed by atoms with Crippen LogP contribution in [0.15, 0.2) is 22.6 Å². The third-order valence-corrected chi connectivity index (χ3v) is 0.545. The van der Waals surface area contributed by atoms with E-state index in [1.165, 1.54) is 0 Å². The summed E-state index contributed by atoms with van der Waals surface area (Å²) in [5.41, 5.74) is 0. The van der Waals surface area contributed by atoms with Gasteiger partial charge in [0.15, 0.2) is 0 Å². The predicted octanol–water partition coefficient (Wildman–Crippen LogP) is 1.50. The highest BCUT2D eigenvalue weighted by Crippen LogP contribution is 1.92. The van der Waals surface area contributed by atoms with Gasteiger partial charge in [0, 0.05) is 0 Å². The van der Waals surface area contributed by atoms with Gasteiger partial charge in [-0.25, -0.2) is 0 Å². The van der Waals surface area contributed by atoms with E-state index in [2.05, 4.69) is 22.1 Å². The van der Waals surface area contributed by atoms with Gasteiger partial charge in [0.25, 0.3) is 0 Å². The van der Waals surface area contributed by atoms with Gasteiger partial charge in [-0.15, -0.1) is 5.11 Å². The molecule has 0 unspecified atom stereocenters. The molecule has 0 spiro atoms. The number of nitrogens with one attached hydrogen (secondary N) is 1. The summed E-state index contributed by atoms with van der Waals surface area (Å²) in [5, 5.41) is 9.93. The van der Waals surface area contributed by atoms with Gasteiger partial charge in [0.2, 0.25) is 0 Å². The minimum Gasteiger partial charge on any atom is -0.348 e. The number of hydrogen-bond donors (Lipinski definition) is 1. The molecule has 0 fully saturated rings. The van der Waals surface area contributed by atoms with Crippen molar-refractivity contribution < 1.29 is 0 Å². The van der Waals surface area contributed by atoms with E-state index < -0.39 is 0 Å². The molecule has 1 aliphatic heterocycles. The molecule has 0 aromatic rings. The van der Waals surface area contributed by atoms with Crippen molar-refractivity contribution in [2.75, 3.05) is 6.67 Å². The van der Waals surface area contributed by atoms with Crippen LogP contribution >= 0.6 is 0 Å². The Labute approximate surface area is 49.5 Å². The first kappa shape index (κ1) is 7.14. The van der Waals surface area contributed by atoms with Crippen molar-refractivity contribution in [2.24, 2.45) is 10.2 Å². The molecule has 0 saturated heterocycles. The van der Waals surface area contributed by atoms with E-state index in [-0.39, 0.29) is 0 Å². The summed E-state index contributed by atoms with van der Waals surface area (Å²) in [4.78, 5) is 0. The molecule has 1 aliphatic rings. The average molecular weight is 113 g/mol. The lowest BCUT2D eigenvalue weighted by molar-refractivity contribution is 0.912. The minimum absolute atomic E-state index is 0.596. The first-order valence-electron chi connectivity index (χ1n) is 2.70. The third kappa shape index (κ3) is 2.34. The van der Waals surface area contributed by atoms with Crippen LogP contribution in [0, 0.1) is 0 Å². The lowest BCUT2D eigenvalue weighted by Crippen LogP contribution is -2.02. The molecule has 8 heavy (non-hydrogen) atoms. The highest BCUT2D eigenvalue weighted by molar-refractivity contribution is 4.88. The van der Waals surface area contributed by atoms with Crippen LogP contribution < -0.4 is 5.32 Å². The Morgan fingerprint density at radius 1 is 1.62 bits per heavy atom. The second-order valence-electron chi connectivity index (χ2n) is 1.02. The van der Waals surface area contributed by atoms with Crippen molar-refractivity contribution in [1.29, 1.82) is 0 Å². The average Bonchev–Trinajstić information content (AvgIpc) is 2.24. The lowest BCUT2D eigenvalue weighted by atomic mass is 10.8. The fraction of sp³-hybridized carbons (Fsp3) is 0.600. The Bertz CT molecular complexity index is 95.8. The molecule has 0 aromatic heterocycles. The number of nitrogens with zero attached hydrogens (tertiary/aromatic N) is 2. The third-order valence-electron chi connectivity index (χ3n) is 0.545.